The van der Waals surface area contributed by atoms with Crippen molar-refractivity contribution in [3.8, 4) is 11.7 Å². The lowest BCUT2D eigenvalue weighted by molar-refractivity contribution is -0.153. The van der Waals surface area contributed by atoms with Crippen molar-refractivity contribution in [2.45, 2.75) is 33.1 Å². The number of likely N-dealkylation sites (tertiary alicyclic amines) is 1. The molecule has 0 aromatic carbocycles. The van der Waals surface area contributed by atoms with E-state index in [-0.39, 0.29) is 18.9 Å². The Labute approximate surface area is 139 Å². The zero-order valence-corrected chi connectivity index (χ0v) is 13.7. The molecule has 1 atom stereocenters. The number of carboxylic acids is 1. The molecule has 0 radical (unpaired) electrons. The highest BCUT2D eigenvalue weighted by Gasteiger charge is 2.39. The average molecular weight is 332 g/mol. The highest BCUT2D eigenvalue weighted by atomic mass is 16.4. The van der Waals surface area contributed by atoms with Crippen LogP contribution in [0.2, 0.25) is 0 Å². The van der Waals surface area contributed by atoms with Gasteiger partial charge in [0, 0.05) is 13.1 Å². The first kappa shape index (κ1) is 16.3. The van der Waals surface area contributed by atoms with Crippen LogP contribution in [0, 0.1) is 12.3 Å². The molecule has 1 aliphatic heterocycles. The van der Waals surface area contributed by atoms with Crippen molar-refractivity contribution in [3.63, 3.8) is 0 Å². The van der Waals surface area contributed by atoms with E-state index in [0.717, 1.165) is 0 Å². The monoisotopic (exact) mass is 332 g/mol. The second-order valence-electron chi connectivity index (χ2n) is 6.46. The largest absolute Gasteiger partial charge is 0.481 e. The molecule has 24 heavy (non-hydrogen) atoms. The highest BCUT2D eigenvalue weighted by molar-refractivity contribution is 5.81. The number of aromatic nitrogens is 1. The van der Waals surface area contributed by atoms with E-state index in [2.05, 4.69) is 4.98 Å². The van der Waals surface area contributed by atoms with Crippen LogP contribution in [0.1, 0.15) is 31.2 Å². The molecule has 7 nitrogen and oxygen atoms in total. The summed E-state index contributed by atoms with van der Waals surface area (Å²) >= 11 is 0. The molecule has 128 valence electrons. The average Bonchev–Trinajstić information content (AvgIpc) is 3.17. The lowest BCUT2D eigenvalue weighted by Gasteiger charge is -2.37. The zero-order chi connectivity index (χ0) is 17.3. The first-order valence-corrected chi connectivity index (χ1v) is 7.90. The van der Waals surface area contributed by atoms with Crippen molar-refractivity contribution in [2.24, 2.45) is 5.41 Å². The van der Waals surface area contributed by atoms with Crippen LogP contribution in [0.25, 0.3) is 11.7 Å². The normalized spacial score (nSPS) is 21.0. The van der Waals surface area contributed by atoms with Crippen LogP contribution in [0.3, 0.4) is 0 Å². The van der Waals surface area contributed by atoms with E-state index in [0.29, 0.717) is 42.5 Å². The van der Waals surface area contributed by atoms with Crippen molar-refractivity contribution in [2.75, 3.05) is 13.1 Å². The van der Waals surface area contributed by atoms with Gasteiger partial charge in [-0.05, 0) is 38.8 Å². The number of hydrogen-bond acceptors (Lipinski definition) is 5. The fourth-order valence-corrected chi connectivity index (χ4v) is 2.98. The summed E-state index contributed by atoms with van der Waals surface area (Å²) in [5, 5.41) is 9.36. The number of piperidine rings is 1. The molecule has 1 aliphatic rings. The SMILES string of the molecule is Cc1oc(-c2ccco2)nc1CC(=O)N1CCCC(C)(C(=O)O)C1. The molecule has 3 heterocycles. The van der Waals surface area contributed by atoms with E-state index >= 15 is 0 Å². The van der Waals surface area contributed by atoms with Gasteiger partial charge in [0.25, 0.3) is 5.89 Å². The van der Waals surface area contributed by atoms with Gasteiger partial charge in [0.15, 0.2) is 5.76 Å². The minimum absolute atomic E-state index is 0.0890. The molecular weight excluding hydrogens is 312 g/mol. The van der Waals surface area contributed by atoms with Crippen molar-refractivity contribution < 1.29 is 23.5 Å². The molecule has 1 saturated heterocycles. The zero-order valence-electron chi connectivity index (χ0n) is 13.7. The highest BCUT2D eigenvalue weighted by Crippen LogP contribution is 2.30. The lowest BCUT2D eigenvalue weighted by Crippen LogP contribution is -2.48. The number of oxazole rings is 1. The molecule has 0 saturated carbocycles. The molecule has 0 spiro atoms. The Hall–Kier alpha value is -2.57. The van der Waals surface area contributed by atoms with Gasteiger partial charge in [0.2, 0.25) is 5.91 Å². The Morgan fingerprint density at radius 1 is 1.46 bits per heavy atom. The maximum atomic E-state index is 12.6. The van der Waals surface area contributed by atoms with Crippen LogP contribution in [-0.2, 0) is 16.0 Å². The minimum atomic E-state index is -0.883. The number of aryl methyl sites for hydroxylation is 1. The van der Waals surface area contributed by atoms with Crippen molar-refractivity contribution >= 4 is 11.9 Å². The van der Waals surface area contributed by atoms with E-state index in [1.807, 2.05) is 0 Å². The summed E-state index contributed by atoms with van der Waals surface area (Å²) in [5.41, 5.74) is -0.333. The van der Waals surface area contributed by atoms with E-state index in [1.54, 1.807) is 30.9 Å². The van der Waals surface area contributed by atoms with Gasteiger partial charge in [-0.2, -0.15) is 0 Å². The number of carboxylic acid groups (broad SMARTS) is 1. The number of aliphatic carboxylic acids is 1. The van der Waals surface area contributed by atoms with E-state index in [4.69, 9.17) is 8.83 Å². The first-order valence-electron chi connectivity index (χ1n) is 7.90. The number of furan rings is 1. The summed E-state index contributed by atoms with van der Waals surface area (Å²) in [7, 11) is 0. The molecule has 7 heteroatoms. The van der Waals surface area contributed by atoms with Gasteiger partial charge >= 0.3 is 5.97 Å². The maximum absolute atomic E-state index is 12.6. The van der Waals surface area contributed by atoms with Gasteiger partial charge in [-0.25, -0.2) is 4.98 Å². The summed E-state index contributed by atoms with van der Waals surface area (Å²) < 4.78 is 10.8. The Morgan fingerprint density at radius 3 is 2.92 bits per heavy atom. The molecule has 1 N–H and O–H groups in total. The van der Waals surface area contributed by atoms with Gasteiger partial charge in [0.05, 0.1) is 23.8 Å². The number of carbonyl (C=O) groups is 2. The lowest BCUT2D eigenvalue weighted by atomic mass is 9.82. The molecule has 1 unspecified atom stereocenters. The molecular formula is C17H20N2O5. The van der Waals surface area contributed by atoms with Crippen LogP contribution >= 0.6 is 0 Å². The topological polar surface area (TPSA) is 96.8 Å². The second kappa shape index (κ2) is 6.14. The maximum Gasteiger partial charge on any atom is 0.311 e. The number of rotatable bonds is 4. The van der Waals surface area contributed by atoms with Gasteiger partial charge in [-0.1, -0.05) is 0 Å². The second-order valence-corrected chi connectivity index (χ2v) is 6.46. The third-order valence-electron chi connectivity index (χ3n) is 4.51. The number of hydrogen-bond donors (Lipinski definition) is 1. The Morgan fingerprint density at radius 2 is 2.25 bits per heavy atom. The first-order chi connectivity index (χ1) is 11.4. The Bertz CT molecular complexity index is 749. The smallest absolute Gasteiger partial charge is 0.311 e. The van der Waals surface area contributed by atoms with E-state index < -0.39 is 11.4 Å². The van der Waals surface area contributed by atoms with Gasteiger partial charge < -0.3 is 18.8 Å². The van der Waals surface area contributed by atoms with Crippen molar-refractivity contribution in [1.29, 1.82) is 0 Å². The van der Waals surface area contributed by atoms with Gasteiger partial charge in [0.1, 0.15) is 5.76 Å². The number of carbonyl (C=O) groups excluding carboxylic acids is 1. The molecule has 1 amide bonds. The van der Waals surface area contributed by atoms with Gasteiger partial charge in [-0.15, -0.1) is 0 Å². The fraction of sp³-hybridized carbons (Fsp3) is 0.471. The fourth-order valence-electron chi connectivity index (χ4n) is 2.98. The molecule has 2 aromatic heterocycles. The number of nitrogens with zero attached hydrogens (tertiary/aromatic N) is 2. The molecule has 3 rings (SSSR count). The summed E-state index contributed by atoms with van der Waals surface area (Å²) in [4.78, 5) is 29.9. The summed E-state index contributed by atoms with van der Waals surface area (Å²) in [6.45, 7) is 4.23. The summed E-state index contributed by atoms with van der Waals surface area (Å²) in [6.07, 6.45) is 2.88. The van der Waals surface area contributed by atoms with Crippen molar-refractivity contribution in [3.05, 3.63) is 29.9 Å². The van der Waals surface area contributed by atoms with Gasteiger partial charge in [-0.3, -0.25) is 9.59 Å². The Balaban J connectivity index is 1.72. The third kappa shape index (κ3) is 3.06. The Kier molecular flexibility index (Phi) is 4.17. The standard InChI is InChI=1S/C17H20N2O5/c1-11-12(18-15(24-11)13-5-3-8-23-13)9-14(20)19-7-4-6-17(2,10-19)16(21)22/h3,5,8H,4,6-7,9-10H2,1-2H3,(H,21,22). The molecule has 1 fully saturated rings. The third-order valence-corrected chi connectivity index (χ3v) is 4.51. The van der Waals surface area contributed by atoms with Crippen LogP contribution < -0.4 is 0 Å². The van der Waals surface area contributed by atoms with Crippen LogP contribution in [0.15, 0.2) is 27.2 Å². The van der Waals surface area contributed by atoms with E-state index in [9.17, 15) is 14.7 Å². The van der Waals surface area contributed by atoms with Crippen LogP contribution in [0.4, 0.5) is 0 Å². The summed E-state index contributed by atoms with van der Waals surface area (Å²) in [5.74, 6) is 0.414. The van der Waals surface area contributed by atoms with Crippen molar-refractivity contribution in [1.82, 2.24) is 9.88 Å². The molecule has 0 aliphatic carbocycles. The van der Waals surface area contributed by atoms with E-state index in [1.165, 1.54) is 6.26 Å². The predicted octanol–water partition coefficient (Wildman–Crippen LogP) is 2.50. The number of amides is 1. The predicted molar refractivity (Wildman–Crippen MR) is 84.2 cm³/mol. The van der Waals surface area contributed by atoms with Crippen LogP contribution in [0.5, 0.6) is 0 Å². The quantitative estimate of drug-likeness (QED) is 0.924. The molecule has 0 bridgehead atoms. The molecule has 2 aromatic rings. The summed E-state index contributed by atoms with van der Waals surface area (Å²) in [6, 6.07) is 3.47. The van der Waals surface area contributed by atoms with Crippen LogP contribution in [-0.4, -0.2) is 40.0 Å². The minimum Gasteiger partial charge on any atom is -0.481 e.